The molecule has 5 aromatic rings. The molecule has 0 saturated carbocycles. The van der Waals surface area contributed by atoms with E-state index in [0.717, 1.165) is 39.5 Å². The Morgan fingerprint density at radius 2 is 1.78 bits per heavy atom. The van der Waals surface area contributed by atoms with Gasteiger partial charge in [-0.05, 0) is 42.8 Å². The Bertz CT molecular complexity index is 1550. The summed E-state index contributed by atoms with van der Waals surface area (Å²) in [5, 5.41) is 7.93. The average Bonchev–Trinajstić information content (AvgIpc) is 3.53. The van der Waals surface area contributed by atoms with Gasteiger partial charge in [-0.3, -0.25) is 14.8 Å². The number of para-hydroxylation sites is 1. The molecule has 182 valence electrons. The fourth-order valence-electron chi connectivity index (χ4n) is 4.73. The van der Waals surface area contributed by atoms with Gasteiger partial charge in [0.2, 0.25) is 0 Å². The van der Waals surface area contributed by atoms with Gasteiger partial charge in [-0.25, -0.2) is 4.68 Å². The first-order valence-electron chi connectivity index (χ1n) is 12.2. The SMILES string of the molecule is Cc1c(C(=O)NC[C@H]2Cc3cc(-c4cnccn4)ccc3O2)c(-c2ccccc2)nn1-c1ccccc1. The maximum atomic E-state index is 13.5. The van der Waals surface area contributed by atoms with Gasteiger partial charge in [0.1, 0.15) is 17.5 Å². The molecular weight excluding hydrogens is 462 g/mol. The van der Waals surface area contributed by atoms with E-state index in [0.29, 0.717) is 24.2 Å². The predicted molar refractivity (Wildman–Crippen MR) is 142 cm³/mol. The topological polar surface area (TPSA) is 81.9 Å². The summed E-state index contributed by atoms with van der Waals surface area (Å²) in [6, 6.07) is 25.7. The minimum absolute atomic E-state index is 0.152. The van der Waals surface area contributed by atoms with Crippen LogP contribution in [0.5, 0.6) is 5.75 Å². The van der Waals surface area contributed by atoms with Gasteiger partial charge in [0.15, 0.2) is 0 Å². The van der Waals surface area contributed by atoms with Crippen molar-refractivity contribution in [3.63, 3.8) is 0 Å². The monoisotopic (exact) mass is 487 g/mol. The van der Waals surface area contributed by atoms with Crippen LogP contribution in [0.4, 0.5) is 0 Å². The Morgan fingerprint density at radius 3 is 2.54 bits per heavy atom. The van der Waals surface area contributed by atoms with E-state index in [-0.39, 0.29) is 12.0 Å². The predicted octanol–water partition coefficient (Wildman–Crippen LogP) is 5.04. The van der Waals surface area contributed by atoms with Gasteiger partial charge in [0.05, 0.1) is 35.4 Å². The summed E-state index contributed by atoms with van der Waals surface area (Å²) in [5.74, 6) is 0.670. The number of aromatic nitrogens is 4. The van der Waals surface area contributed by atoms with Crippen molar-refractivity contribution in [2.45, 2.75) is 19.4 Å². The molecule has 0 spiro atoms. The number of benzene rings is 3. The molecule has 1 aliphatic rings. The van der Waals surface area contributed by atoms with E-state index in [2.05, 4.69) is 21.4 Å². The molecule has 0 saturated heterocycles. The highest BCUT2D eigenvalue weighted by Crippen LogP contribution is 2.32. The first kappa shape index (κ1) is 22.7. The quantitative estimate of drug-likeness (QED) is 0.363. The third-order valence-electron chi connectivity index (χ3n) is 6.54. The number of carbonyl (C=O) groups is 1. The van der Waals surface area contributed by atoms with Crippen molar-refractivity contribution in [1.82, 2.24) is 25.1 Å². The Morgan fingerprint density at radius 1 is 1.00 bits per heavy atom. The smallest absolute Gasteiger partial charge is 0.255 e. The molecule has 6 rings (SSSR count). The first-order valence-corrected chi connectivity index (χ1v) is 12.2. The van der Waals surface area contributed by atoms with Gasteiger partial charge in [0.25, 0.3) is 5.91 Å². The molecule has 3 aromatic carbocycles. The molecule has 1 amide bonds. The Labute approximate surface area is 214 Å². The number of ether oxygens (including phenoxy) is 1. The summed E-state index contributed by atoms with van der Waals surface area (Å²) in [7, 11) is 0. The second-order valence-corrected chi connectivity index (χ2v) is 8.99. The molecule has 37 heavy (non-hydrogen) atoms. The third-order valence-corrected chi connectivity index (χ3v) is 6.54. The van der Waals surface area contributed by atoms with Crippen molar-refractivity contribution < 1.29 is 9.53 Å². The van der Waals surface area contributed by atoms with E-state index in [1.807, 2.05) is 84.4 Å². The number of rotatable bonds is 6. The van der Waals surface area contributed by atoms with Gasteiger partial charge < -0.3 is 10.1 Å². The summed E-state index contributed by atoms with van der Waals surface area (Å²) in [6.45, 7) is 2.31. The Balaban J connectivity index is 1.22. The number of hydrogen-bond donors (Lipinski definition) is 1. The zero-order valence-corrected chi connectivity index (χ0v) is 20.3. The standard InChI is InChI=1S/C30H25N5O2/c1-20-28(29(21-8-4-2-5-9-21)34-35(20)24-10-6-3-7-11-24)30(36)33-18-25-17-23-16-22(12-13-27(23)37-25)26-19-31-14-15-32-26/h2-16,19,25H,17-18H2,1H3,(H,33,36)/t25-/m1/s1. The molecule has 0 unspecified atom stereocenters. The second kappa shape index (κ2) is 9.70. The van der Waals surface area contributed by atoms with Crippen LogP contribution in [0.1, 0.15) is 21.6 Å². The lowest BCUT2D eigenvalue weighted by molar-refractivity contribution is 0.0933. The molecule has 7 heteroatoms. The summed E-state index contributed by atoms with van der Waals surface area (Å²) in [5.41, 5.74) is 6.72. The summed E-state index contributed by atoms with van der Waals surface area (Å²) in [6.07, 6.45) is 5.64. The van der Waals surface area contributed by atoms with Crippen molar-refractivity contribution >= 4 is 5.91 Å². The minimum Gasteiger partial charge on any atom is -0.488 e. The number of nitrogens with one attached hydrogen (secondary N) is 1. The average molecular weight is 488 g/mol. The Kier molecular flexibility index (Phi) is 5.94. The highest BCUT2D eigenvalue weighted by atomic mass is 16.5. The lowest BCUT2D eigenvalue weighted by Gasteiger charge is -2.12. The third kappa shape index (κ3) is 4.47. The maximum Gasteiger partial charge on any atom is 0.255 e. The van der Waals surface area contributed by atoms with Crippen LogP contribution >= 0.6 is 0 Å². The van der Waals surface area contributed by atoms with E-state index in [1.54, 1.807) is 18.6 Å². The number of amides is 1. The molecule has 0 fully saturated rings. The van der Waals surface area contributed by atoms with Crippen LogP contribution in [-0.2, 0) is 6.42 Å². The van der Waals surface area contributed by atoms with E-state index < -0.39 is 0 Å². The number of carbonyl (C=O) groups excluding carboxylic acids is 1. The summed E-state index contributed by atoms with van der Waals surface area (Å²) < 4.78 is 7.96. The normalized spacial score (nSPS) is 14.1. The van der Waals surface area contributed by atoms with Gasteiger partial charge >= 0.3 is 0 Å². The molecular formula is C30H25N5O2. The molecule has 0 radical (unpaired) electrons. The van der Waals surface area contributed by atoms with Crippen molar-refractivity contribution in [3.8, 4) is 34.0 Å². The zero-order chi connectivity index (χ0) is 25.2. The number of fused-ring (bicyclic) bond motifs is 1. The van der Waals surface area contributed by atoms with Gasteiger partial charge in [-0.1, -0.05) is 48.5 Å². The lowest BCUT2D eigenvalue weighted by atomic mass is 10.0. The zero-order valence-electron chi connectivity index (χ0n) is 20.3. The van der Waals surface area contributed by atoms with Crippen LogP contribution in [0.2, 0.25) is 0 Å². The lowest BCUT2D eigenvalue weighted by Crippen LogP contribution is -2.34. The van der Waals surface area contributed by atoms with Crippen molar-refractivity contribution in [1.29, 1.82) is 0 Å². The molecule has 3 heterocycles. The second-order valence-electron chi connectivity index (χ2n) is 8.99. The van der Waals surface area contributed by atoms with Crippen LogP contribution < -0.4 is 10.1 Å². The molecule has 0 aliphatic carbocycles. The fourth-order valence-corrected chi connectivity index (χ4v) is 4.73. The van der Waals surface area contributed by atoms with Gasteiger partial charge in [-0.15, -0.1) is 0 Å². The molecule has 0 bridgehead atoms. The highest BCUT2D eigenvalue weighted by molar-refractivity contribution is 6.01. The fraction of sp³-hybridized carbons (Fsp3) is 0.133. The van der Waals surface area contributed by atoms with Gasteiger partial charge in [0, 0.05) is 29.9 Å². The molecule has 7 nitrogen and oxygen atoms in total. The van der Waals surface area contributed by atoms with Crippen molar-refractivity contribution in [2.24, 2.45) is 0 Å². The van der Waals surface area contributed by atoms with Crippen LogP contribution in [0.15, 0.2) is 97.5 Å². The summed E-state index contributed by atoms with van der Waals surface area (Å²) in [4.78, 5) is 22.1. The van der Waals surface area contributed by atoms with E-state index in [9.17, 15) is 4.79 Å². The molecule has 1 aliphatic heterocycles. The maximum absolute atomic E-state index is 13.5. The largest absolute Gasteiger partial charge is 0.488 e. The van der Waals surface area contributed by atoms with E-state index in [1.165, 1.54) is 0 Å². The van der Waals surface area contributed by atoms with E-state index in [4.69, 9.17) is 9.84 Å². The van der Waals surface area contributed by atoms with Crippen LogP contribution in [0.25, 0.3) is 28.2 Å². The van der Waals surface area contributed by atoms with Crippen molar-refractivity contribution in [3.05, 3.63) is 114 Å². The van der Waals surface area contributed by atoms with Crippen LogP contribution in [-0.4, -0.2) is 38.3 Å². The first-order chi connectivity index (χ1) is 18.2. The molecule has 1 N–H and O–H groups in total. The summed E-state index contributed by atoms with van der Waals surface area (Å²) >= 11 is 0. The molecule has 1 atom stereocenters. The van der Waals surface area contributed by atoms with E-state index >= 15 is 0 Å². The number of nitrogens with zero attached hydrogens (tertiary/aromatic N) is 4. The van der Waals surface area contributed by atoms with Crippen LogP contribution in [0.3, 0.4) is 0 Å². The molecule has 2 aromatic heterocycles. The van der Waals surface area contributed by atoms with Gasteiger partial charge in [-0.2, -0.15) is 5.10 Å². The van der Waals surface area contributed by atoms with Crippen molar-refractivity contribution in [2.75, 3.05) is 6.54 Å². The minimum atomic E-state index is -0.168. The number of hydrogen-bond acceptors (Lipinski definition) is 5. The Hall–Kier alpha value is -4.78. The van der Waals surface area contributed by atoms with Crippen LogP contribution in [0, 0.1) is 6.92 Å². The highest BCUT2D eigenvalue weighted by Gasteiger charge is 2.27.